The Kier molecular flexibility index (Phi) is 15.8. The van der Waals surface area contributed by atoms with E-state index in [0.29, 0.717) is 0 Å². The van der Waals surface area contributed by atoms with Crippen LogP contribution in [0.15, 0.2) is 0 Å². The first kappa shape index (κ1) is 16.4. The summed E-state index contributed by atoms with van der Waals surface area (Å²) >= 11 is 0. The van der Waals surface area contributed by atoms with Crippen LogP contribution in [0.5, 0.6) is 0 Å². The highest BCUT2D eigenvalue weighted by Gasteiger charge is 1.93. The summed E-state index contributed by atoms with van der Waals surface area (Å²) in [5, 5.41) is 0. The Morgan fingerprint density at radius 3 is 1.38 bits per heavy atom. The zero-order chi connectivity index (χ0) is 11.9. The molecule has 1 N–H and O–H groups in total. The van der Waals surface area contributed by atoms with E-state index in [-0.39, 0.29) is 8.81 Å². The van der Waals surface area contributed by atoms with Gasteiger partial charge in [-0.15, -0.1) is 0 Å². The fourth-order valence-corrected chi connectivity index (χ4v) is 2.45. The minimum absolute atomic E-state index is 0.169. The van der Waals surface area contributed by atoms with E-state index in [1.165, 1.54) is 77.0 Å². The average Bonchev–Trinajstić information content (AvgIpc) is 2.31. The monoisotopic (exact) mass is 246 g/mol. The molecular weight excluding hydrogens is 215 g/mol. The van der Waals surface area contributed by atoms with Gasteiger partial charge in [0.1, 0.15) is 0 Å². The van der Waals surface area contributed by atoms with Crippen LogP contribution < -0.4 is 0 Å². The van der Waals surface area contributed by atoms with Crippen LogP contribution in [0, 0.1) is 0 Å². The summed E-state index contributed by atoms with van der Waals surface area (Å²) in [4.78, 5) is 8.66. The largest absolute Gasteiger partial charge is 0.377 e. The van der Waals surface area contributed by atoms with Gasteiger partial charge in [-0.1, -0.05) is 77.6 Å². The van der Waals surface area contributed by atoms with Crippen molar-refractivity contribution >= 4 is 8.81 Å². The first-order chi connectivity index (χ1) is 7.91. The molecule has 0 aliphatic rings. The SMILES string of the molecule is CCCCCCCCCCCCCCPO. The predicted molar refractivity (Wildman–Crippen MR) is 76.5 cm³/mol. The smallest absolute Gasteiger partial charge is 0.0107 e. The van der Waals surface area contributed by atoms with Crippen LogP contribution in [0.2, 0.25) is 0 Å². The van der Waals surface area contributed by atoms with Crippen LogP contribution in [-0.2, 0) is 0 Å². The van der Waals surface area contributed by atoms with E-state index in [1.807, 2.05) is 0 Å². The molecule has 0 aliphatic heterocycles. The van der Waals surface area contributed by atoms with Crippen molar-refractivity contribution in [1.29, 1.82) is 0 Å². The number of hydrogen-bond acceptors (Lipinski definition) is 1. The molecule has 1 unspecified atom stereocenters. The van der Waals surface area contributed by atoms with Gasteiger partial charge in [0.05, 0.1) is 0 Å². The van der Waals surface area contributed by atoms with Crippen molar-refractivity contribution in [2.75, 3.05) is 6.16 Å². The third kappa shape index (κ3) is 14.4. The lowest BCUT2D eigenvalue weighted by Crippen LogP contribution is -1.83. The molecule has 2 heteroatoms. The molecule has 0 bridgehead atoms. The summed E-state index contributed by atoms with van der Waals surface area (Å²) < 4.78 is 0. The predicted octanol–water partition coefficient (Wildman–Crippen LogP) is 5.27. The minimum Gasteiger partial charge on any atom is -0.377 e. The molecule has 0 heterocycles. The third-order valence-electron chi connectivity index (χ3n) is 3.14. The highest BCUT2D eigenvalue weighted by atomic mass is 31.1. The number of unbranched alkanes of at least 4 members (excludes halogenated alkanes) is 11. The second-order valence-corrected chi connectivity index (χ2v) is 5.61. The Morgan fingerprint density at radius 2 is 1.00 bits per heavy atom. The minimum atomic E-state index is 0.169. The van der Waals surface area contributed by atoms with Gasteiger partial charge < -0.3 is 4.89 Å². The van der Waals surface area contributed by atoms with Crippen molar-refractivity contribution in [2.24, 2.45) is 0 Å². The van der Waals surface area contributed by atoms with Crippen LogP contribution >= 0.6 is 8.81 Å². The molecule has 0 aromatic rings. The van der Waals surface area contributed by atoms with Crippen LogP contribution in [-0.4, -0.2) is 11.1 Å². The van der Waals surface area contributed by atoms with Gasteiger partial charge in [0, 0.05) is 8.81 Å². The van der Waals surface area contributed by atoms with Crippen LogP contribution in [0.4, 0.5) is 0 Å². The van der Waals surface area contributed by atoms with E-state index < -0.39 is 0 Å². The lowest BCUT2D eigenvalue weighted by Gasteiger charge is -2.02. The molecule has 0 amide bonds. The molecule has 0 saturated carbocycles. The van der Waals surface area contributed by atoms with Crippen molar-refractivity contribution in [1.82, 2.24) is 0 Å². The Hall–Kier alpha value is 0.390. The van der Waals surface area contributed by atoms with Gasteiger partial charge in [-0.2, -0.15) is 0 Å². The molecule has 0 fully saturated rings. The highest BCUT2D eigenvalue weighted by Crippen LogP contribution is 2.13. The summed E-state index contributed by atoms with van der Waals surface area (Å²) in [5.41, 5.74) is 0. The molecule has 1 nitrogen and oxygen atoms in total. The van der Waals surface area contributed by atoms with Crippen LogP contribution in [0.1, 0.15) is 84.0 Å². The van der Waals surface area contributed by atoms with Crippen LogP contribution in [0.3, 0.4) is 0 Å². The number of rotatable bonds is 13. The van der Waals surface area contributed by atoms with Gasteiger partial charge in [-0.3, -0.25) is 0 Å². The fraction of sp³-hybridized carbons (Fsp3) is 1.00. The van der Waals surface area contributed by atoms with Crippen molar-refractivity contribution in [3.63, 3.8) is 0 Å². The van der Waals surface area contributed by atoms with E-state index in [0.717, 1.165) is 6.16 Å². The highest BCUT2D eigenvalue weighted by molar-refractivity contribution is 7.31. The van der Waals surface area contributed by atoms with E-state index in [9.17, 15) is 0 Å². The molecule has 0 rings (SSSR count). The van der Waals surface area contributed by atoms with Gasteiger partial charge >= 0.3 is 0 Å². The summed E-state index contributed by atoms with van der Waals surface area (Å²) in [6.45, 7) is 2.28. The molecule has 1 atom stereocenters. The first-order valence-corrected chi connectivity index (χ1v) is 8.44. The van der Waals surface area contributed by atoms with E-state index in [1.54, 1.807) is 0 Å². The summed E-state index contributed by atoms with van der Waals surface area (Å²) in [7, 11) is 0.169. The molecule has 0 spiro atoms. The molecule has 0 saturated heterocycles. The molecule has 0 aliphatic carbocycles. The molecule has 0 radical (unpaired) electrons. The number of hydrogen-bond donors (Lipinski definition) is 1. The normalized spacial score (nSPS) is 11.6. The van der Waals surface area contributed by atoms with Crippen molar-refractivity contribution in [3.8, 4) is 0 Å². The maximum Gasteiger partial charge on any atom is 0.0107 e. The van der Waals surface area contributed by atoms with Gasteiger partial charge in [0.2, 0.25) is 0 Å². The Balaban J connectivity index is 2.83. The van der Waals surface area contributed by atoms with E-state index in [2.05, 4.69) is 6.92 Å². The van der Waals surface area contributed by atoms with E-state index >= 15 is 0 Å². The quantitative estimate of drug-likeness (QED) is 0.346. The second-order valence-electron chi connectivity index (χ2n) is 4.80. The third-order valence-corrected chi connectivity index (χ3v) is 3.72. The molecule has 16 heavy (non-hydrogen) atoms. The lowest BCUT2D eigenvalue weighted by atomic mass is 10.1. The van der Waals surface area contributed by atoms with Crippen LogP contribution in [0.25, 0.3) is 0 Å². The summed E-state index contributed by atoms with van der Waals surface area (Å²) in [6, 6.07) is 0. The van der Waals surface area contributed by atoms with Crippen molar-refractivity contribution in [2.45, 2.75) is 84.0 Å². The standard InChI is InChI=1S/C14H31OP/c1-2-3-4-5-6-7-8-9-10-11-12-13-14-16-15/h15-16H,2-14H2,1H3. The zero-order valence-corrected chi connectivity index (χ0v) is 12.1. The molecular formula is C14H31OP. The zero-order valence-electron chi connectivity index (χ0n) is 11.1. The lowest BCUT2D eigenvalue weighted by molar-refractivity contribution is 0.547. The van der Waals surface area contributed by atoms with Crippen molar-refractivity contribution in [3.05, 3.63) is 0 Å². The average molecular weight is 246 g/mol. The van der Waals surface area contributed by atoms with Gasteiger partial charge in [-0.25, -0.2) is 0 Å². The second kappa shape index (κ2) is 15.4. The topological polar surface area (TPSA) is 20.2 Å². The Morgan fingerprint density at radius 1 is 0.625 bits per heavy atom. The Labute approximate surface area is 104 Å². The molecule has 0 aromatic carbocycles. The van der Waals surface area contributed by atoms with Gasteiger partial charge in [0.25, 0.3) is 0 Å². The fourth-order valence-electron chi connectivity index (χ4n) is 2.05. The maximum atomic E-state index is 8.66. The van der Waals surface area contributed by atoms with E-state index in [4.69, 9.17) is 4.89 Å². The van der Waals surface area contributed by atoms with Gasteiger partial charge in [0.15, 0.2) is 0 Å². The summed E-state index contributed by atoms with van der Waals surface area (Å²) in [5.74, 6) is 0. The van der Waals surface area contributed by atoms with Crippen molar-refractivity contribution < 1.29 is 4.89 Å². The first-order valence-electron chi connectivity index (χ1n) is 7.28. The van der Waals surface area contributed by atoms with Gasteiger partial charge in [-0.05, 0) is 12.6 Å². The maximum absolute atomic E-state index is 8.66. The Bertz CT molecular complexity index is 103. The summed E-state index contributed by atoms with van der Waals surface area (Å²) in [6.07, 6.45) is 17.8. The molecule has 0 aromatic heterocycles. The molecule has 98 valence electrons.